The number of nitrogens with zero attached hydrogens (tertiary/aromatic N) is 1. The Bertz CT molecular complexity index is 1380. The number of halogens is 7. The summed E-state index contributed by atoms with van der Waals surface area (Å²) in [6.07, 6.45) is -7.43. The maximum Gasteiger partial charge on any atom is 0.416 e. The lowest BCUT2D eigenvalue weighted by Crippen LogP contribution is -2.10. The summed E-state index contributed by atoms with van der Waals surface area (Å²) in [6, 6.07) is 10.2. The maximum atomic E-state index is 13.0. The van der Waals surface area contributed by atoms with Gasteiger partial charge in [0.2, 0.25) is 0 Å². The van der Waals surface area contributed by atoms with Gasteiger partial charge in [-0.1, -0.05) is 29.8 Å². The summed E-state index contributed by atoms with van der Waals surface area (Å²) in [5.41, 5.74) is -1.29. The monoisotopic (exact) mass is 530 g/mol. The number of amides is 1. The highest BCUT2D eigenvalue weighted by Crippen LogP contribution is 2.37. The van der Waals surface area contributed by atoms with Gasteiger partial charge in [-0.05, 0) is 42.0 Å². The lowest BCUT2D eigenvalue weighted by atomic mass is 10.1. The first-order chi connectivity index (χ1) is 16.4. The van der Waals surface area contributed by atoms with Crippen LogP contribution in [0.5, 0.6) is 0 Å². The van der Waals surface area contributed by atoms with E-state index in [4.69, 9.17) is 16.0 Å². The summed E-state index contributed by atoms with van der Waals surface area (Å²) in [4.78, 5) is 17.2. The van der Waals surface area contributed by atoms with Gasteiger partial charge in [-0.2, -0.15) is 26.3 Å². The number of nitrogens with one attached hydrogen (secondary N) is 1. The molecule has 0 spiro atoms. The quantitative estimate of drug-likeness (QED) is 0.266. The molecule has 4 rings (SSSR count). The fraction of sp³-hybridized carbons (Fsp3) is 0.130. The van der Waals surface area contributed by atoms with Gasteiger partial charge in [-0.3, -0.25) is 10.1 Å². The van der Waals surface area contributed by atoms with E-state index in [1.807, 2.05) is 0 Å². The summed E-state index contributed by atoms with van der Waals surface area (Å²) < 4.78 is 83.1. The first kappa shape index (κ1) is 24.8. The van der Waals surface area contributed by atoms with E-state index in [2.05, 4.69) is 10.3 Å². The molecule has 0 bridgehead atoms. The molecule has 1 amide bonds. The molecule has 2 aromatic carbocycles. The minimum atomic E-state index is -4.58. The van der Waals surface area contributed by atoms with E-state index in [0.717, 1.165) is 41.7 Å². The van der Waals surface area contributed by atoms with E-state index < -0.39 is 29.4 Å². The number of anilines is 1. The van der Waals surface area contributed by atoms with Gasteiger partial charge in [0.25, 0.3) is 5.91 Å². The molecule has 4 aromatic rings. The molecule has 2 heterocycles. The summed E-state index contributed by atoms with van der Waals surface area (Å²) in [5.74, 6) is -0.932. The molecule has 0 unspecified atom stereocenters. The number of furan rings is 1. The average Bonchev–Trinajstić information content (AvgIpc) is 3.43. The Kier molecular flexibility index (Phi) is 6.65. The smallest absolute Gasteiger partial charge is 0.416 e. The predicted molar refractivity (Wildman–Crippen MR) is 118 cm³/mol. The highest BCUT2D eigenvalue weighted by molar-refractivity contribution is 7.15. The highest BCUT2D eigenvalue weighted by atomic mass is 35.5. The van der Waals surface area contributed by atoms with Crippen molar-refractivity contribution in [3.63, 3.8) is 0 Å². The van der Waals surface area contributed by atoms with Gasteiger partial charge >= 0.3 is 12.4 Å². The van der Waals surface area contributed by atoms with E-state index in [0.29, 0.717) is 10.4 Å². The van der Waals surface area contributed by atoms with Crippen molar-refractivity contribution in [2.24, 2.45) is 0 Å². The molecular weight excluding hydrogens is 518 g/mol. The number of benzene rings is 2. The summed E-state index contributed by atoms with van der Waals surface area (Å²) in [6.45, 7) is 0. The summed E-state index contributed by atoms with van der Waals surface area (Å²) >= 11 is 7.07. The zero-order chi connectivity index (χ0) is 25.4. The van der Waals surface area contributed by atoms with E-state index in [1.54, 1.807) is 6.07 Å². The van der Waals surface area contributed by atoms with Crippen molar-refractivity contribution in [2.45, 2.75) is 18.8 Å². The normalized spacial score (nSPS) is 12.1. The average molecular weight is 531 g/mol. The van der Waals surface area contributed by atoms with Crippen LogP contribution in [-0.2, 0) is 18.8 Å². The van der Waals surface area contributed by atoms with E-state index >= 15 is 0 Å². The SMILES string of the molecule is O=C(Nc1ncc(Cc2cccc(C(F)(F)F)c2)s1)c1ccc(-c2cc(C(F)(F)F)ccc2Cl)o1. The zero-order valence-corrected chi connectivity index (χ0v) is 18.9. The van der Waals surface area contributed by atoms with Crippen LogP contribution in [0.2, 0.25) is 5.02 Å². The Morgan fingerprint density at radius 3 is 2.40 bits per heavy atom. The van der Waals surface area contributed by atoms with Crippen LogP contribution in [0.25, 0.3) is 11.3 Å². The Balaban J connectivity index is 1.46. The second-order valence-corrected chi connectivity index (χ2v) is 8.84. The van der Waals surface area contributed by atoms with Crippen molar-refractivity contribution in [3.8, 4) is 11.3 Å². The molecule has 0 aliphatic heterocycles. The Labute approximate surface area is 203 Å². The van der Waals surface area contributed by atoms with Gasteiger partial charge in [0.05, 0.1) is 16.1 Å². The Morgan fingerprint density at radius 1 is 0.971 bits per heavy atom. The van der Waals surface area contributed by atoms with Gasteiger partial charge < -0.3 is 4.42 Å². The topological polar surface area (TPSA) is 55.1 Å². The van der Waals surface area contributed by atoms with Crippen molar-refractivity contribution in [3.05, 3.63) is 93.1 Å². The van der Waals surface area contributed by atoms with Crippen LogP contribution in [0.1, 0.15) is 32.1 Å². The number of carbonyl (C=O) groups excluding carboxylic acids is 1. The molecule has 0 radical (unpaired) electrons. The van der Waals surface area contributed by atoms with E-state index in [9.17, 15) is 31.1 Å². The standard InChI is InChI=1S/C23H13ClF6N2O2S/c24-17-5-4-14(23(28,29)30)10-16(17)18-6-7-19(34-18)20(33)32-21-31-11-15(35-21)9-12-2-1-3-13(8-12)22(25,26)27/h1-8,10-11H,9H2,(H,31,32,33). The number of carbonyl (C=O) groups is 1. The van der Waals surface area contributed by atoms with E-state index in [1.165, 1.54) is 24.4 Å². The molecule has 0 aliphatic carbocycles. The zero-order valence-electron chi connectivity index (χ0n) is 17.3. The molecule has 12 heteroatoms. The Hall–Kier alpha value is -3.31. The second-order valence-electron chi connectivity index (χ2n) is 7.32. The highest BCUT2D eigenvalue weighted by Gasteiger charge is 2.32. The van der Waals surface area contributed by atoms with Gasteiger partial charge in [0, 0.05) is 23.1 Å². The van der Waals surface area contributed by atoms with Crippen LogP contribution in [-0.4, -0.2) is 10.9 Å². The third-order valence-electron chi connectivity index (χ3n) is 4.80. The number of hydrogen-bond acceptors (Lipinski definition) is 4. The largest absolute Gasteiger partial charge is 0.451 e. The Morgan fingerprint density at radius 2 is 1.69 bits per heavy atom. The van der Waals surface area contributed by atoms with Gasteiger partial charge in [0.1, 0.15) is 5.76 Å². The minimum Gasteiger partial charge on any atom is -0.451 e. The third-order valence-corrected chi connectivity index (χ3v) is 6.04. The third kappa shape index (κ3) is 5.85. The number of thiazole rings is 1. The molecular formula is C23H13ClF6N2O2S. The molecule has 35 heavy (non-hydrogen) atoms. The lowest BCUT2D eigenvalue weighted by Gasteiger charge is -2.09. The van der Waals surface area contributed by atoms with Crippen molar-refractivity contribution in [2.75, 3.05) is 5.32 Å². The van der Waals surface area contributed by atoms with Crippen molar-refractivity contribution < 1.29 is 35.6 Å². The fourth-order valence-electron chi connectivity index (χ4n) is 3.16. The number of alkyl halides is 6. The van der Waals surface area contributed by atoms with Crippen molar-refractivity contribution >= 4 is 34.0 Å². The van der Waals surface area contributed by atoms with Crippen LogP contribution >= 0.6 is 22.9 Å². The van der Waals surface area contributed by atoms with Crippen molar-refractivity contribution in [1.29, 1.82) is 0 Å². The molecule has 4 nitrogen and oxygen atoms in total. The van der Waals surface area contributed by atoms with Crippen LogP contribution in [0.3, 0.4) is 0 Å². The molecule has 0 aliphatic rings. The molecule has 0 saturated heterocycles. The fourth-order valence-corrected chi connectivity index (χ4v) is 4.21. The summed E-state index contributed by atoms with van der Waals surface area (Å²) in [7, 11) is 0. The number of hydrogen-bond donors (Lipinski definition) is 1. The molecule has 0 saturated carbocycles. The molecule has 0 atom stereocenters. The lowest BCUT2D eigenvalue weighted by molar-refractivity contribution is -0.138. The van der Waals surface area contributed by atoms with Crippen LogP contribution in [0.15, 0.2) is 65.2 Å². The minimum absolute atomic E-state index is 0.0125. The summed E-state index contributed by atoms with van der Waals surface area (Å²) in [5, 5.41) is 2.68. The van der Waals surface area contributed by atoms with Crippen LogP contribution < -0.4 is 5.32 Å². The molecule has 182 valence electrons. The van der Waals surface area contributed by atoms with Crippen LogP contribution in [0.4, 0.5) is 31.5 Å². The number of aromatic nitrogens is 1. The number of rotatable bonds is 5. The van der Waals surface area contributed by atoms with Gasteiger partial charge in [-0.15, -0.1) is 11.3 Å². The first-order valence-electron chi connectivity index (χ1n) is 9.79. The predicted octanol–water partition coefficient (Wildman–Crippen LogP) is 7.94. The van der Waals surface area contributed by atoms with Gasteiger partial charge in [0.15, 0.2) is 10.9 Å². The van der Waals surface area contributed by atoms with E-state index in [-0.39, 0.29) is 33.7 Å². The maximum absolute atomic E-state index is 13.0. The molecule has 1 N–H and O–H groups in total. The van der Waals surface area contributed by atoms with Crippen LogP contribution in [0, 0.1) is 0 Å². The first-order valence-corrected chi connectivity index (χ1v) is 11.0. The molecule has 0 fully saturated rings. The molecule has 2 aromatic heterocycles. The second kappa shape index (κ2) is 9.38. The van der Waals surface area contributed by atoms with Crippen molar-refractivity contribution in [1.82, 2.24) is 4.98 Å². The van der Waals surface area contributed by atoms with Gasteiger partial charge in [-0.25, -0.2) is 4.98 Å².